The van der Waals surface area contributed by atoms with E-state index in [0.717, 1.165) is 69.2 Å². The van der Waals surface area contributed by atoms with Crippen LogP contribution < -0.4 is 16.0 Å². The number of aromatic nitrogens is 5. The Labute approximate surface area is 300 Å². The van der Waals surface area contributed by atoms with Gasteiger partial charge in [-0.15, -0.1) is 0 Å². The number of rotatable bonds is 4. The van der Waals surface area contributed by atoms with Crippen LogP contribution in [0.25, 0.3) is 56.1 Å². The molecule has 1 fully saturated rings. The maximum absolute atomic E-state index is 12.3. The second-order valence-corrected chi connectivity index (χ2v) is 13.4. The molecule has 3 aliphatic heterocycles. The van der Waals surface area contributed by atoms with Crippen molar-refractivity contribution >= 4 is 33.9 Å². The van der Waals surface area contributed by atoms with Crippen molar-refractivity contribution in [1.82, 2.24) is 40.0 Å². The summed E-state index contributed by atoms with van der Waals surface area (Å²) in [6, 6.07) is 34.8. The molecule has 3 aliphatic rings. The second-order valence-electron chi connectivity index (χ2n) is 13.4. The normalized spacial score (nSPS) is 16.7. The standard InChI is InChI=1S/C21H22N4O.C21H16N4O/c2*26-21-16-4-3-6-18-19(16)25(13-12-23-21)20(24-18)15-9-7-14(8-10-15)17-5-1-2-11-22-17/h3-4,6-10,17,22H,1-2,5,11-13H2,(H,23,26);1-11H,12-13H2,(H,23,26). The maximum atomic E-state index is 12.3. The van der Waals surface area contributed by atoms with E-state index in [2.05, 4.69) is 78.6 Å². The van der Waals surface area contributed by atoms with Crippen molar-refractivity contribution in [3.05, 3.63) is 126 Å². The van der Waals surface area contributed by atoms with E-state index in [-0.39, 0.29) is 11.8 Å². The predicted molar refractivity (Wildman–Crippen MR) is 203 cm³/mol. The molecule has 52 heavy (non-hydrogen) atoms. The molecule has 10 heteroatoms. The highest BCUT2D eigenvalue weighted by molar-refractivity contribution is 6.07. The molecule has 1 unspecified atom stereocenters. The highest BCUT2D eigenvalue weighted by Crippen LogP contribution is 2.32. The van der Waals surface area contributed by atoms with E-state index in [4.69, 9.17) is 9.97 Å². The number of nitrogens with zero attached hydrogens (tertiary/aromatic N) is 5. The third-order valence-corrected chi connectivity index (χ3v) is 10.2. The third kappa shape index (κ3) is 5.80. The Morgan fingerprint density at radius 2 is 1.15 bits per heavy atom. The average molecular weight is 687 g/mol. The Kier molecular flexibility index (Phi) is 8.28. The lowest BCUT2D eigenvalue weighted by atomic mass is 9.97. The van der Waals surface area contributed by atoms with Crippen molar-refractivity contribution in [2.45, 2.75) is 38.4 Å². The monoisotopic (exact) mass is 686 g/mol. The summed E-state index contributed by atoms with van der Waals surface area (Å²) in [5.41, 5.74) is 10.5. The van der Waals surface area contributed by atoms with E-state index in [0.29, 0.717) is 36.8 Å². The summed E-state index contributed by atoms with van der Waals surface area (Å²) in [6.45, 7) is 3.76. The van der Waals surface area contributed by atoms with Gasteiger partial charge in [0.1, 0.15) is 11.6 Å². The molecular weight excluding hydrogens is 649 g/mol. The van der Waals surface area contributed by atoms with Gasteiger partial charge in [0, 0.05) is 55.1 Å². The fourth-order valence-electron chi connectivity index (χ4n) is 7.69. The first-order valence-corrected chi connectivity index (χ1v) is 18.0. The molecule has 4 aromatic carbocycles. The van der Waals surface area contributed by atoms with Gasteiger partial charge in [-0.2, -0.15) is 0 Å². The van der Waals surface area contributed by atoms with Gasteiger partial charge in [-0.05, 0) is 61.3 Å². The number of piperidine rings is 1. The van der Waals surface area contributed by atoms with Crippen LogP contribution in [0.15, 0.2) is 109 Å². The number of nitrogens with one attached hydrogen (secondary N) is 3. The van der Waals surface area contributed by atoms with Crippen molar-refractivity contribution in [3.63, 3.8) is 0 Å². The maximum Gasteiger partial charge on any atom is 0.253 e. The second kappa shape index (κ2) is 13.5. The van der Waals surface area contributed by atoms with Crippen LogP contribution in [-0.4, -0.2) is 55.5 Å². The van der Waals surface area contributed by atoms with Crippen molar-refractivity contribution in [3.8, 4) is 34.0 Å². The molecule has 6 heterocycles. The molecule has 0 radical (unpaired) electrons. The zero-order valence-corrected chi connectivity index (χ0v) is 28.7. The van der Waals surface area contributed by atoms with E-state index in [1.54, 1.807) is 6.20 Å². The first-order valence-electron chi connectivity index (χ1n) is 18.0. The van der Waals surface area contributed by atoms with Gasteiger partial charge in [-0.3, -0.25) is 14.6 Å². The number of amides is 2. The zero-order valence-electron chi connectivity index (χ0n) is 28.7. The van der Waals surface area contributed by atoms with Gasteiger partial charge >= 0.3 is 0 Å². The van der Waals surface area contributed by atoms with Gasteiger partial charge < -0.3 is 25.1 Å². The molecule has 10 nitrogen and oxygen atoms in total. The Hall–Kier alpha value is -6.13. The summed E-state index contributed by atoms with van der Waals surface area (Å²) in [4.78, 5) is 38.6. The quantitative estimate of drug-likeness (QED) is 0.188. The van der Waals surface area contributed by atoms with Crippen LogP contribution in [0.1, 0.15) is 51.6 Å². The van der Waals surface area contributed by atoms with Crippen LogP contribution in [-0.2, 0) is 13.1 Å². The summed E-state index contributed by atoms with van der Waals surface area (Å²) in [5.74, 6) is 1.77. The predicted octanol–water partition coefficient (Wildman–Crippen LogP) is 6.77. The van der Waals surface area contributed by atoms with Crippen LogP contribution in [0.3, 0.4) is 0 Å². The zero-order chi connectivity index (χ0) is 35.0. The van der Waals surface area contributed by atoms with E-state index in [1.165, 1.54) is 24.8 Å². The fraction of sp³-hybridized carbons (Fsp3) is 0.214. The van der Waals surface area contributed by atoms with Crippen molar-refractivity contribution < 1.29 is 9.59 Å². The number of hydrogen-bond donors (Lipinski definition) is 3. The van der Waals surface area contributed by atoms with E-state index in [9.17, 15) is 9.59 Å². The summed E-state index contributed by atoms with van der Waals surface area (Å²) in [6.07, 6.45) is 5.56. The number of hydrogen-bond acceptors (Lipinski definition) is 6. The van der Waals surface area contributed by atoms with Crippen molar-refractivity contribution in [1.29, 1.82) is 0 Å². The third-order valence-electron chi connectivity index (χ3n) is 10.2. The van der Waals surface area contributed by atoms with E-state index < -0.39 is 0 Å². The molecule has 258 valence electrons. The average Bonchev–Trinajstić information content (AvgIpc) is 3.65. The molecule has 0 aliphatic carbocycles. The highest BCUT2D eigenvalue weighted by Gasteiger charge is 2.23. The van der Waals surface area contributed by atoms with Crippen LogP contribution in [0.5, 0.6) is 0 Å². The number of benzene rings is 4. The fourth-order valence-corrected chi connectivity index (χ4v) is 7.69. The van der Waals surface area contributed by atoms with Gasteiger partial charge in [0.2, 0.25) is 0 Å². The van der Waals surface area contributed by atoms with Crippen molar-refractivity contribution in [2.75, 3.05) is 19.6 Å². The molecule has 7 aromatic rings. The van der Waals surface area contributed by atoms with Crippen LogP contribution in [0.2, 0.25) is 0 Å². The number of imidazole rings is 2. The number of para-hydroxylation sites is 2. The molecular formula is C42H38N8O2. The topological polar surface area (TPSA) is 119 Å². The lowest BCUT2D eigenvalue weighted by Gasteiger charge is -2.24. The first kappa shape index (κ1) is 31.8. The molecule has 1 atom stereocenters. The Balaban J connectivity index is 0.000000138. The molecule has 0 saturated carbocycles. The minimum atomic E-state index is -0.0358. The first-order chi connectivity index (χ1) is 25.6. The van der Waals surface area contributed by atoms with E-state index >= 15 is 0 Å². The Bertz CT molecular complexity index is 2430. The van der Waals surface area contributed by atoms with Gasteiger partial charge in [-0.25, -0.2) is 9.97 Å². The molecule has 2 amide bonds. The highest BCUT2D eigenvalue weighted by atomic mass is 16.2. The minimum Gasteiger partial charge on any atom is -0.350 e. The van der Waals surface area contributed by atoms with Crippen LogP contribution in [0.4, 0.5) is 0 Å². The molecule has 10 rings (SSSR count). The minimum absolute atomic E-state index is 0.0143. The largest absolute Gasteiger partial charge is 0.350 e. The van der Waals surface area contributed by atoms with Gasteiger partial charge in [0.25, 0.3) is 11.8 Å². The molecule has 0 spiro atoms. The number of carbonyl (C=O) groups is 2. The summed E-state index contributed by atoms with van der Waals surface area (Å²) < 4.78 is 4.31. The van der Waals surface area contributed by atoms with Gasteiger partial charge in [0.15, 0.2) is 0 Å². The molecule has 3 aromatic heterocycles. The Morgan fingerprint density at radius 1 is 0.577 bits per heavy atom. The smallest absolute Gasteiger partial charge is 0.253 e. The Morgan fingerprint density at radius 3 is 1.69 bits per heavy atom. The number of carbonyl (C=O) groups excluding carboxylic acids is 2. The summed E-state index contributed by atoms with van der Waals surface area (Å²) >= 11 is 0. The lowest BCUT2D eigenvalue weighted by Crippen LogP contribution is -2.26. The molecule has 0 bridgehead atoms. The van der Waals surface area contributed by atoms with Crippen LogP contribution >= 0.6 is 0 Å². The van der Waals surface area contributed by atoms with Gasteiger partial charge in [-0.1, -0.05) is 73.2 Å². The molecule has 1 saturated heterocycles. The van der Waals surface area contributed by atoms with Crippen molar-refractivity contribution in [2.24, 2.45) is 0 Å². The molecule has 3 N–H and O–H groups in total. The summed E-state index contributed by atoms with van der Waals surface area (Å²) in [5, 5.41) is 9.53. The SMILES string of the molecule is O=C1NCCn2c(-c3ccc(-c4ccccn4)cc3)nc3cccc1c32.O=C1NCCn2c(-c3ccc(C4CCCCN4)cc3)nc3cccc1c32. The summed E-state index contributed by atoms with van der Waals surface area (Å²) in [7, 11) is 0. The number of pyridine rings is 1. The van der Waals surface area contributed by atoms with Gasteiger partial charge in [0.05, 0.1) is 38.9 Å². The lowest BCUT2D eigenvalue weighted by molar-refractivity contribution is 0.0948. The van der Waals surface area contributed by atoms with Crippen LogP contribution in [0, 0.1) is 0 Å². The van der Waals surface area contributed by atoms with E-state index in [1.807, 2.05) is 54.6 Å².